The smallest absolute Gasteiger partial charge is 0.302 e. The Morgan fingerprint density at radius 3 is 2.19 bits per heavy atom. The van der Waals surface area contributed by atoms with Crippen molar-refractivity contribution in [3.8, 4) is 0 Å². The normalized spacial score (nSPS) is 14.8. The molecule has 0 radical (unpaired) electrons. The van der Waals surface area contributed by atoms with Gasteiger partial charge in [-0.2, -0.15) is 0 Å². The molecule has 32 heavy (non-hydrogen) atoms. The molecule has 0 saturated carbocycles. The summed E-state index contributed by atoms with van der Waals surface area (Å²) in [6.07, 6.45) is 3.75. The van der Waals surface area contributed by atoms with Crippen LogP contribution in [0.5, 0.6) is 0 Å². The highest BCUT2D eigenvalue weighted by molar-refractivity contribution is 8.77. The molecule has 1 aliphatic heterocycles. The minimum atomic E-state index is -0.544. The molecular weight excluding hydrogens is 452 g/mol. The highest BCUT2D eigenvalue weighted by Gasteiger charge is 2.29. The molecule has 0 aromatic carbocycles. The lowest BCUT2D eigenvalue weighted by Gasteiger charge is -2.31. The molecular formula is C22H36N2O6S2. The Bertz CT molecular complexity index is 716. The van der Waals surface area contributed by atoms with E-state index < -0.39 is 17.4 Å². The van der Waals surface area contributed by atoms with E-state index in [4.69, 9.17) is 9.47 Å². The van der Waals surface area contributed by atoms with Gasteiger partial charge < -0.3 is 14.8 Å². The van der Waals surface area contributed by atoms with Crippen LogP contribution in [-0.2, 0) is 28.7 Å². The molecule has 0 aromatic heterocycles. The minimum Gasteiger partial charge on any atom is -0.464 e. The maximum atomic E-state index is 12.2. The van der Waals surface area contributed by atoms with Gasteiger partial charge in [0.05, 0.1) is 10.3 Å². The van der Waals surface area contributed by atoms with Gasteiger partial charge >= 0.3 is 5.97 Å². The number of carbonyl (C=O) groups is 4. The van der Waals surface area contributed by atoms with E-state index in [0.717, 1.165) is 29.2 Å². The third-order valence-electron chi connectivity index (χ3n) is 4.59. The van der Waals surface area contributed by atoms with Gasteiger partial charge in [-0.1, -0.05) is 21.6 Å². The van der Waals surface area contributed by atoms with Crippen LogP contribution in [0.4, 0.5) is 0 Å². The van der Waals surface area contributed by atoms with E-state index in [2.05, 4.69) is 5.32 Å². The molecule has 8 nitrogen and oxygen atoms in total. The fraction of sp³-hybridized carbons (Fsp3) is 0.727. The van der Waals surface area contributed by atoms with E-state index in [1.54, 1.807) is 21.6 Å². The number of nitrogens with one attached hydrogen (secondary N) is 1. The molecule has 0 saturated heterocycles. The molecule has 0 unspecified atom stereocenters. The van der Waals surface area contributed by atoms with Crippen LogP contribution in [0, 0.1) is 0 Å². The van der Waals surface area contributed by atoms with Crippen molar-refractivity contribution in [2.75, 3.05) is 25.5 Å². The van der Waals surface area contributed by atoms with Crippen LogP contribution >= 0.6 is 21.6 Å². The van der Waals surface area contributed by atoms with Crippen LogP contribution in [-0.4, -0.2) is 70.0 Å². The SMILES string of the molecule is CC(=O)OCC(C)(C)SSCCC(C)(C)OCCC(C)(C)NC(=O)CN1C(=O)C=CC1=O. The van der Waals surface area contributed by atoms with Gasteiger partial charge in [0.2, 0.25) is 5.91 Å². The zero-order valence-electron chi connectivity index (χ0n) is 20.1. The van der Waals surface area contributed by atoms with E-state index in [1.807, 2.05) is 41.5 Å². The predicted octanol–water partition coefficient (Wildman–Crippen LogP) is 3.10. The van der Waals surface area contributed by atoms with Crippen LogP contribution in [0.15, 0.2) is 12.2 Å². The van der Waals surface area contributed by atoms with Crippen molar-refractivity contribution in [1.82, 2.24) is 10.2 Å². The molecule has 182 valence electrons. The van der Waals surface area contributed by atoms with Gasteiger partial charge in [0.15, 0.2) is 0 Å². The fourth-order valence-electron chi connectivity index (χ4n) is 2.65. The van der Waals surface area contributed by atoms with Gasteiger partial charge in [0, 0.05) is 37.0 Å². The maximum Gasteiger partial charge on any atom is 0.302 e. The van der Waals surface area contributed by atoms with E-state index in [0.29, 0.717) is 19.6 Å². The average molecular weight is 489 g/mol. The fourth-order valence-corrected chi connectivity index (χ4v) is 5.34. The van der Waals surface area contributed by atoms with E-state index >= 15 is 0 Å². The summed E-state index contributed by atoms with van der Waals surface area (Å²) < 4.78 is 11.0. The number of imide groups is 1. The molecule has 10 heteroatoms. The highest BCUT2D eigenvalue weighted by Crippen LogP contribution is 2.37. The molecule has 1 heterocycles. The molecule has 1 aliphatic rings. The topological polar surface area (TPSA) is 102 Å². The number of hydrogen-bond acceptors (Lipinski definition) is 8. The van der Waals surface area contributed by atoms with Crippen LogP contribution in [0.25, 0.3) is 0 Å². The lowest BCUT2D eigenvalue weighted by atomic mass is 10.0. The van der Waals surface area contributed by atoms with Crippen molar-refractivity contribution in [3.05, 3.63) is 12.2 Å². The number of hydrogen-bond donors (Lipinski definition) is 1. The van der Waals surface area contributed by atoms with Gasteiger partial charge in [0.25, 0.3) is 11.8 Å². The lowest BCUT2D eigenvalue weighted by Crippen LogP contribution is -2.49. The van der Waals surface area contributed by atoms with Gasteiger partial charge in [-0.25, -0.2) is 0 Å². The Kier molecular flexibility index (Phi) is 10.8. The van der Waals surface area contributed by atoms with Gasteiger partial charge in [0.1, 0.15) is 13.2 Å². The maximum absolute atomic E-state index is 12.2. The number of ether oxygens (including phenoxy) is 2. The van der Waals surface area contributed by atoms with Crippen LogP contribution in [0.2, 0.25) is 0 Å². The molecule has 1 N–H and O–H groups in total. The van der Waals surface area contributed by atoms with E-state index in [-0.39, 0.29) is 28.8 Å². The molecule has 0 aliphatic carbocycles. The molecule has 0 bridgehead atoms. The zero-order valence-corrected chi connectivity index (χ0v) is 21.7. The Morgan fingerprint density at radius 1 is 1.03 bits per heavy atom. The summed E-state index contributed by atoms with van der Waals surface area (Å²) in [7, 11) is 3.41. The number of amides is 3. The monoisotopic (exact) mass is 488 g/mol. The first-order chi connectivity index (χ1) is 14.6. The first kappa shape index (κ1) is 28.5. The second kappa shape index (κ2) is 12.1. The summed E-state index contributed by atoms with van der Waals surface area (Å²) in [5.74, 6) is -0.720. The molecule has 0 atom stereocenters. The lowest BCUT2D eigenvalue weighted by molar-refractivity contribution is -0.142. The average Bonchev–Trinajstić information content (AvgIpc) is 2.95. The Morgan fingerprint density at radius 2 is 1.62 bits per heavy atom. The quantitative estimate of drug-likeness (QED) is 0.172. The van der Waals surface area contributed by atoms with Crippen molar-refractivity contribution in [2.24, 2.45) is 0 Å². The number of carbonyl (C=O) groups excluding carboxylic acids is 4. The first-order valence-electron chi connectivity index (χ1n) is 10.5. The zero-order chi connectivity index (χ0) is 24.6. The van der Waals surface area contributed by atoms with Crippen LogP contribution < -0.4 is 5.32 Å². The third kappa shape index (κ3) is 11.4. The van der Waals surface area contributed by atoms with E-state index in [9.17, 15) is 19.2 Å². The molecule has 1 rings (SSSR count). The summed E-state index contributed by atoms with van der Waals surface area (Å²) >= 11 is 0. The largest absolute Gasteiger partial charge is 0.464 e. The minimum absolute atomic E-state index is 0.163. The second-order valence-corrected chi connectivity index (χ2v) is 12.7. The van der Waals surface area contributed by atoms with Crippen LogP contribution in [0.3, 0.4) is 0 Å². The van der Waals surface area contributed by atoms with Gasteiger partial charge in [-0.3, -0.25) is 24.1 Å². The predicted molar refractivity (Wildman–Crippen MR) is 128 cm³/mol. The summed E-state index contributed by atoms with van der Waals surface area (Å²) in [5, 5.41) is 2.86. The first-order valence-corrected chi connectivity index (χ1v) is 12.9. The molecule has 0 fully saturated rings. The molecule has 0 spiro atoms. The molecule has 0 aromatic rings. The van der Waals surface area contributed by atoms with Crippen molar-refractivity contribution in [3.63, 3.8) is 0 Å². The molecule has 3 amide bonds. The van der Waals surface area contributed by atoms with Crippen molar-refractivity contribution in [1.29, 1.82) is 0 Å². The number of nitrogens with zero attached hydrogens (tertiary/aromatic N) is 1. The Labute approximate surface area is 199 Å². The summed E-state index contributed by atoms with van der Waals surface area (Å²) in [5.41, 5.74) is -0.870. The number of esters is 1. The summed E-state index contributed by atoms with van der Waals surface area (Å²) in [6.45, 7) is 13.9. The standard InChI is InChI=1S/C22H36N2O6S2/c1-16(25)29-15-22(6,7)32-31-13-11-21(4,5)30-12-10-20(2,3)23-17(26)14-24-18(27)8-9-19(24)28/h8-9H,10-15H2,1-7H3,(H,23,26). The highest BCUT2D eigenvalue weighted by atomic mass is 33.1. The van der Waals surface area contributed by atoms with Gasteiger partial charge in [-0.15, -0.1) is 0 Å². The Hall–Kier alpha value is -1.52. The van der Waals surface area contributed by atoms with Crippen LogP contribution in [0.1, 0.15) is 61.3 Å². The van der Waals surface area contributed by atoms with Crippen molar-refractivity contribution >= 4 is 45.3 Å². The van der Waals surface area contributed by atoms with Crippen molar-refractivity contribution in [2.45, 2.75) is 77.2 Å². The van der Waals surface area contributed by atoms with Crippen molar-refractivity contribution < 1.29 is 28.7 Å². The number of rotatable bonds is 14. The van der Waals surface area contributed by atoms with Gasteiger partial charge in [-0.05, 0) is 54.4 Å². The second-order valence-electron chi connectivity index (χ2n) is 9.58. The summed E-state index contributed by atoms with van der Waals surface area (Å²) in [6, 6.07) is 0. The third-order valence-corrected chi connectivity index (χ3v) is 7.86. The summed E-state index contributed by atoms with van der Waals surface area (Å²) in [4.78, 5) is 47.3. The van der Waals surface area contributed by atoms with E-state index in [1.165, 1.54) is 6.92 Å². The Balaban J connectivity index is 2.31.